The van der Waals surface area contributed by atoms with E-state index in [1.807, 2.05) is 13.8 Å². The zero-order chi connectivity index (χ0) is 18.2. The molecule has 0 bridgehead atoms. The summed E-state index contributed by atoms with van der Waals surface area (Å²) >= 11 is 4.29. The number of nitrogens with zero attached hydrogens (tertiary/aromatic N) is 3. The first-order chi connectivity index (χ1) is 11.2. The van der Waals surface area contributed by atoms with Crippen molar-refractivity contribution in [3.8, 4) is 5.75 Å². The van der Waals surface area contributed by atoms with E-state index >= 15 is 0 Å². The van der Waals surface area contributed by atoms with E-state index in [9.17, 15) is 9.59 Å². The number of carbonyl (C=O) groups is 2. The van der Waals surface area contributed by atoms with Crippen LogP contribution >= 0.6 is 12.6 Å². The third-order valence-electron chi connectivity index (χ3n) is 2.70. The predicted molar refractivity (Wildman–Crippen MR) is 92.4 cm³/mol. The zero-order valence-electron chi connectivity index (χ0n) is 13.9. The highest BCUT2D eigenvalue weighted by Crippen LogP contribution is 2.16. The lowest BCUT2D eigenvalue weighted by atomic mass is 10.1. The topological polar surface area (TPSA) is 114 Å². The number of hydrazone groups is 1. The van der Waals surface area contributed by atoms with Crippen molar-refractivity contribution >= 4 is 30.2 Å². The predicted octanol–water partition coefficient (Wildman–Crippen LogP) is 1.66. The summed E-state index contributed by atoms with van der Waals surface area (Å²) in [5, 5.41) is 12.5. The Labute approximate surface area is 146 Å². The summed E-state index contributed by atoms with van der Waals surface area (Å²) < 4.78 is 4.92. The Hall–Kier alpha value is -2.16. The number of ether oxygens (including phenoxy) is 1. The molecule has 0 spiro atoms. The fraction of sp³-hybridized carbons (Fsp3) is 0.533. The highest BCUT2D eigenvalue weighted by atomic mass is 32.1. The maximum absolute atomic E-state index is 11.7. The maximum atomic E-state index is 11.7. The molecule has 0 aromatic carbocycles. The van der Waals surface area contributed by atoms with Gasteiger partial charge in [-0.3, -0.25) is 9.59 Å². The van der Waals surface area contributed by atoms with Gasteiger partial charge in [0.25, 0.3) is 0 Å². The van der Waals surface area contributed by atoms with Gasteiger partial charge >= 0.3 is 5.97 Å². The highest BCUT2D eigenvalue weighted by molar-refractivity contribution is 7.81. The number of thiol groups is 1. The van der Waals surface area contributed by atoms with E-state index in [1.165, 1.54) is 12.4 Å². The first-order valence-corrected chi connectivity index (χ1v) is 7.84. The number of aromatic nitrogens is 2. The fourth-order valence-corrected chi connectivity index (χ4v) is 1.76. The number of carboxylic acid groups (broad SMARTS) is 1. The SMILES string of the molecule is C/C(=N/NC(=O)CC(C)(C)S)c1ncc(OCCCC(=O)O)cn1. The van der Waals surface area contributed by atoms with E-state index in [1.54, 1.807) is 6.92 Å². The summed E-state index contributed by atoms with van der Waals surface area (Å²) in [6, 6.07) is 0. The van der Waals surface area contributed by atoms with Crippen LogP contribution in [0.15, 0.2) is 17.5 Å². The van der Waals surface area contributed by atoms with E-state index in [0.29, 0.717) is 23.7 Å². The van der Waals surface area contributed by atoms with Gasteiger partial charge in [-0.15, -0.1) is 0 Å². The Morgan fingerprint density at radius 2 is 2.00 bits per heavy atom. The molecule has 9 heteroatoms. The Bertz CT molecular complexity index is 596. The minimum Gasteiger partial charge on any atom is -0.490 e. The van der Waals surface area contributed by atoms with Crippen molar-refractivity contribution in [1.29, 1.82) is 0 Å². The van der Waals surface area contributed by atoms with Crippen LogP contribution in [-0.4, -0.2) is 44.0 Å². The van der Waals surface area contributed by atoms with Crippen LogP contribution < -0.4 is 10.2 Å². The third-order valence-corrected chi connectivity index (χ3v) is 2.86. The minimum absolute atomic E-state index is 0.0491. The Balaban J connectivity index is 2.50. The summed E-state index contributed by atoms with van der Waals surface area (Å²) in [4.78, 5) is 30.3. The lowest BCUT2D eigenvalue weighted by Gasteiger charge is -2.15. The average molecular weight is 354 g/mol. The van der Waals surface area contributed by atoms with E-state index < -0.39 is 10.7 Å². The van der Waals surface area contributed by atoms with Crippen molar-refractivity contribution in [3.05, 3.63) is 18.2 Å². The fourth-order valence-electron chi connectivity index (χ4n) is 1.62. The molecule has 1 aromatic rings. The lowest BCUT2D eigenvalue weighted by Crippen LogP contribution is -2.26. The van der Waals surface area contributed by atoms with Crippen molar-refractivity contribution < 1.29 is 19.4 Å². The molecule has 132 valence electrons. The summed E-state index contributed by atoms with van der Waals surface area (Å²) in [6.45, 7) is 5.63. The molecule has 0 aliphatic rings. The lowest BCUT2D eigenvalue weighted by molar-refractivity contribution is -0.137. The van der Waals surface area contributed by atoms with E-state index in [-0.39, 0.29) is 25.4 Å². The van der Waals surface area contributed by atoms with Crippen LogP contribution in [-0.2, 0) is 9.59 Å². The number of rotatable bonds is 9. The van der Waals surface area contributed by atoms with Crippen LogP contribution in [0.3, 0.4) is 0 Å². The van der Waals surface area contributed by atoms with Gasteiger partial charge < -0.3 is 9.84 Å². The molecule has 24 heavy (non-hydrogen) atoms. The van der Waals surface area contributed by atoms with Gasteiger partial charge in [-0.1, -0.05) is 13.8 Å². The number of carbonyl (C=O) groups excluding carboxylic acids is 1. The van der Waals surface area contributed by atoms with Crippen LogP contribution in [0.2, 0.25) is 0 Å². The van der Waals surface area contributed by atoms with Gasteiger partial charge in [-0.2, -0.15) is 17.7 Å². The van der Waals surface area contributed by atoms with E-state index in [4.69, 9.17) is 9.84 Å². The largest absolute Gasteiger partial charge is 0.490 e. The molecule has 0 radical (unpaired) electrons. The normalized spacial score (nSPS) is 11.9. The van der Waals surface area contributed by atoms with E-state index in [0.717, 1.165) is 0 Å². The highest BCUT2D eigenvalue weighted by Gasteiger charge is 2.16. The summed E-state index contributed by atoms with van der Waals surface area (Å²) in [7, 11) is 0. The summed E-state index contributed by atoms with van der Waals surface area (Å²) in [6.07, 6.45) is 3.64. The molecule has 1 rings (SSSR count). The molecule has 0 unspecified atom stereocenters. The molecule has 0 saturated carbocycles. The van der Waals surface area contributed by atoms with Crippen molar-refractivity contribution in [3.63, 3.8) is 0 Å². The smallest absolute Gasteiger partial charge is 0.303 e. The molecule has 0 aliphatic heterocycles. The van der Waals surface area contributed by atoms with Gasteiger partial charge in [0.15, 0.2) is 11.6 Å². The molecule has 1 heterocycles. The monoisotopic (exact) mass is 354 g/mol. The van der Waals surface area contributed by atoms with Crippen molar-refractivity contribution in [2.45, 2.75) is 44.8 Å². The summed E-state index contributed by atoms with van der Waals surface area (Å²) in [5.41, 5.74) is 2.89. The zero-order valence-corrected chi connectivity index (χ0v) is 14.8. The van der Waals surface area contributed by atoms with Gasteiger partial charge in [0.1, 0.15) is 5.71 Å². The number of aliphatic carboxylic acids is 1. The van der Waals surface area contributed by atoms with Gasteiger partial charge in [0.2, 0.25) is 5.91 Å². The standard InChI is InChI=1S/C15H22N4O4S/c1-10(18-19-12(20)7-15(2,3)24)14-16-8-11(9-17-14)23-6-4-5-13(21)22/h8-9,24H,4-7H2,1-3H3,(H,19,20)(H,21,22)/b18-10-. The van der Waals surface area contributed by atoms with Crippen LogP contribution in [0.5, 0.6) is 5.75 Å². The van der Waals surface area contributed by atoms with Crippen LogP contribution in [0.4, 0.5) is 0 Å². The summed E-state index contributed by atoms with van der Waals surface area (Å²) in [5.74, 6) is -0.302. The van der Waals surface area contributed by atoms with Crippen molar-refractivity contribution in [2.24, 2.45) is 5.10 Å². The first-order valence-electron chi connectivity index (χ1n) is 7.40. The molecule has 0 atom stereocenters. The molecule has 1 aromatic heterocycles. The van der Waals surface area contributed by atoms with Crippen LogP contribution in [0.1, 0.15) is 45.9 Å². The quantitative estimate of drug-likeness (QED) is 0.269. The van der Waals surface area contributed by atoms with Gasteiger partial charge in [0.05, 0.1) is 19.0 Å². The Morgan fingerprint density at radius 1 is 1.38 bits per heavy atom. The minimum atomic E-state index is -0.861. The van der Waals surface area contributed by atoms with Crippen LogP contribution in [0.25, 0.3) is 0 Å². The molecular formula is C15H22N4O4S. The molecule has 1 amide bonds. The number of hydrogen-bond donors (Lipinski definition) is 3. The van der Waals surface area contributed by atoms with E-state index in [2.05, 4.69) is 33.1 Å². The van der Waals surface area contributed by atoms with Crippen molar-refractivity contribution in [1.82, 2.24) is 15.4 Å². The molecular weight excluding hydrogens is 332 g/mol. The Kier molecular flexibility index (Phi) is 7.63. The van der Waals surface area contributed by atoms with Gasteiger partial charge in [-0.25, -0.2) is 15.4 Å². The molecule has 0 saturated heterocycles. The van der Waals surface area contributed by atoms with Gasteiger partial charge in [-0.05, 0) is 13.3 Å². The molecule has 2 N–H and O–H groups in total. The van der Waals surface area contributed by atoms with Crippen molar-refractivity contribution in [2.75, 3.05) is 6.61 Å². The second-order valence-electron chi connectivity index (χ2n) is 5.81. The Morgan fingerprint density at radius 3 is 2.54 bits per heavy atom. The number of amides is 1. The molecule has 8 nitrogen and oxygen atoms in total. The molecule has 0 aliphatic carbocycles. The number of hydrogen-bond acceptors (Lipinski definition) is 7. The second kappa shape index (κ2) is 9.21. The molecule has 0 fully saturated rings. The second-order valence-corrected chi connectivity index (χ2v) is 7.02. The van der Waals surface area contributed by atoms with Crippen LogP contribution in [0, 0.1) is 0 Å². The maximum Gasteiger partial charge on any atom is 0.303 e. The third kappa shape index (κ3) is 8.47. The average Bonchev–Trinajstić information content (AvgIpc) is 2.48. The number of nitrogens with one attached hydrogen (secondary N) is 1. The first kappa shape index (κ1) is 19.9. The van der Waals surface area contributed by atoms with Gasteiger partial charge in [0, 0.05) is 17.6 Å². The number of carboxylic acids is 1.